The van der Waals surface area contributed by atoms with E-state index in [4.69, 9.17) is 16.3 Å². The van der Waals surface area contributed by atoms with Gasteiger partial charge >= 0.3 is 0 Å². The van der Waals surface area contributed by atoms with Crippen LogP contribution >= 0.6 is 11.6 Å². The molecule has 0 atom stereocenters. The van der Waals surface area contributed by atoms with E-state index in [1.165, 1.54) is 7.11 Å². The fraction of sp³-hybridized carbons (Fsp3) is 0.571. The van der Waals surface area contributed by atoms with Crippen molar-refractivity contribution in [1.29, 1.82) is 0 Å². The van der Waals surface area contributed by atoms with Crippen LogP contribution in [0.5, 0.6) is 5.75 Å². The zero-order valence-electron chi connectivity index (χ0n) is 10.6. The minimum atomic E-state index is -0.265. The Morgan fingerprint density at radius 1 is 1.33 bits per heavy atom. The molecular weight excluding hydrogens is 253 g/mol. The predicted molar refractivity (Wildman–Crippen MR) is 71.7 cm³/mol. The summed E-state index contributed by atoms with van der Waals surface area (Å²) in [6.45, 7) is 0.542. The molecule has 1 aliphatic carbocycles. The van der Waals surface area contributed by atoms with Gasteiger partial charge in [0.1, 0.15) is 0 Å². The number of alkyl halides is 1. The molecule has 0 heterocycles. The molecule has 1 aromatic carbocycles. The second-order valence-corrected chi connectivity index (χ2v) is 5.38. The maximum absolute atomic E-state index is 13.9. The van der Waals surface area contributed by atoms with Gasteiger partial charge in [-0.05, 0) is 31.7 Å². The number of benzene rings is 1. The van der Waals surface area contributed by atoms with E-state index in [0.29, 0.717) is 29.3 Å². The van der Waals surface area contributed by atoms with Gasteiger partial charge in [-0.1, -0.05) is 12.1 Å². The standard InChI is InChI=1S/C14H19ClFNO/c1-18-13-4-2-3-10(14(13)16)9-17-12-7-5-11(15)6-8-12/h2-4,11-12,17H,5-9H2,1H3. The summed E-state index contributed by atoms with van der Waals surface area (Å²) < 4.78 is 18.9. The van der Waals surface area contributed by atoms with Gasteiger partial charge in [0, 0.05) is 23.5 Å². The van der Waals surface area contributed by atoms with E-state index in [1.54, 1.807) is 12.1 Å². The van der Waals surface area contributed by atoms with Gasteiger partial charge in [-0.2, -0.15) is 0 Å². The van der Waals surface area contributed by atoms with Crippen LogP contribution in [0.4, 0.5) is 4.39 Å². The Balaban J connectivity index is 1.90. The van der Waals surface area contributed by atoms with E-state index in [2.05, 4.69) is 5.32 Å². The Bertz CT molecular complexity index is 391. The molecule has 0 aliphatic heterocycles. The van der Waals surface area contributed by atoms with Crippen molar-refractivity contribution >= 4 is 11.6 Å². The fourth-order valence-corrected chi connectivity index (χ4v) is 2.61. The van der Waals surface area contributed by atoms with Crippen LogP contribution in [0.15, 0.2) is 18.2 Å². The normalized spacial score (nSPS) is 23.9. The monoisotopic (exact) mass is 271 g/mol. The molecule has 2 rings (SSSR count). The minimum absolute atomic E-state index is 0.265. The molecule has 1 saturated carbocycles. The molecule has 1 aromatic rings. The average molecular weight is 272 g/mol. The molecule has 0 amide bonds. The summed E-state index contributed by atoms with van der Waals surface area (Å²) in [4.78, 5) is 0. The average Bonchev–Trinajstić information content (AvgIpc) is 2.39. The highest BCUT2D eigenvalue weighted by molar-refractivity contribution is 6.20. The molecule has 1 N–H and O–H groups in total. The van der Waals surface area contributed by atoms with E-state index < -0.39 is 0 Å². The van der Waals surface area contributed by atoms with Gasteiger partial charge in [0.15, 0.2) is 11.6 Å². The lowest BCUT2D eigenvalue weighted by Gasteiger charge is -2.26. The summed E-state index contributed by atoms with van der Waals surface area (Å²) in [7, 11) is 1.48. The Morgan fingerprint density at radius 3 is 2.72 bits per heavy atom. The smallest absolute Gasteiger partial charge is 0.169 e. The lowest BCUT2D eigenvalue weighted by Crippen LogP contribution is -2.33. The molecule has 0 unspecified atom stereocenters. The van der Waals surface area contributed by atoms with Crippen molar-refractivity contribution in [2.24, 2.45) is 0 Å². The number of nitrogens with one attached hydrogen (secondary N) is 1. The SMILES string of the molecule is COc1cccc(CNC2CCC(Cl)CC2)c1F. The minimum Gasteiger partial charge on any atom is -0.494 e. The van der Waals surface area contributed by atoms with Gasteiger partial charge in [-0.15, -0.1) is 11.6 Å². The molecule has 2 nitrogen and oxygen atoms in total. The van der Waals surface area contributed by atoms with Crippen molar-refractivity contribution in [3.8, 4) is 5.75 Å². The van der Waals surface area contributed by atoms with Crippen molar-refractivity contribution < 1.29 is 9.13 Å². The predicted octanol–water partition coefficient (Wildman–Crippen LogP) is 3.47. The largest absolute Gasteiger partial charge is 0.494 e. The quantitative estimate of drug-likeness (QED) is 0.847. The number of halogens is 2. The highest BCUT2D eigenvalue weighted by Gasteiger charge is 2.19. The van der Waals surface area contributed by atoms with Crippen LogP contribution in [0.2, 0.25) is 0 Å². The molecule has 4 heteroatoms. The molecule has 0 bridgehead atoms. The number of methoxy groups -OCH3 is 1. The second-order valence-electron chi connectivity index (χ2n) is 4.76. The van der Waals surface area contributed by atoms with Crippen LogP contribution in [0, 0.1) is 5.82 Å². The summed E-state index contributed by atoms with van der Waals surface area (Å²) in [5.41, 5.74) is 0.655. The van der Waals surface area contributed by atoms with E-state index in [-0.39, 0.29) is 5.82 Å². The van der Waals surface area contributed by atoms with Gasteiger partial charge in [-0.3, -0.25) is 0 Å². The van der Waals surface area contributed by atoms with Crippen LogP contribution in [-0.2, 0) is 6.54 Å². The zero-order chi connectivity index (χ0) is 13.0. The summed E-state index contributed by atoms with van der Waals surface area (Å²) in [6, 6.07) is 5.69. The number of hydrogen-bond donors (Lipinski definition) is 1. The van der Waals surface area contributed by atoms with Gasteiger partial charge in [-0.25, -0.2) is 4.39 Å². The third-order valence-corrected chi connectivity index (χ3v) is 3.94. The van der Waals surface area contributed by atoms with Crippen LogP contribution in [-0.4, -0.2) is 18.5 Å². The Kier molecular flexibility index (Phi) is 4.84. The first-order valence-corrected chi connectivity index (χ1v) is 6.83. The van der Waals surface area contributed by atoms with Crippen LogP contribution in [0.3, 0.4) is 0 Å². The second kappa shape index (κ2) is 6.39. The molecule has 1 fully saturated rings. The van der Waals surface area contributed by atoms with E-state index in [9.17, 15) is 4.39 Å². The molecule has 0 saturated heterocycles. The number of hydrogen-bond acceptors (Lipinski definition) is 2. The lowest BCUT2D eigenvalue weighted by atomic mass is 9.95. The molecule has 0 spiro atoms. The van der Waals surface area contributed by atoms with Gasteiger partial charge in [0.25, 0.3) is 0 Å². The Labute approximate surface area is 112 Å². The van der Waals surface area contributed by atoms with E-state index in [0.717, 1.165) is 25.7 Å². The van der Waals surface area contributed by atoms with E-state index in [1.807, 2.05) is 6.07 Å². The van der Waals surface area contributed by atoms with Crippen molar-refractivity contribution in [2.75, 3.05) is 7.11 Å². The highest BCUT2D eigenvalue weighted by Crippen LogP contribution is 2.24. The molecular formula is C14H19ClFNO. The zero-order valence-corrected chi connectivity index (χ0v) is 11.3. The highest BCUT2D eigenvalue weighted by atomic mass is 35.5. The molecule has 1 aliphatic rings. The first-order valence-electron chi connectivity index (χ1n) is 6.39. The van der Waals surface area contributed by atoms with Crippen molar-refractivity contribution in [2.45, 2.75) is 43.6 Å². The van der Waals surface area contributed by atoms with Crippen LogP contribution in [0.1, 0.15) is 31.2 Å². The molecule has 0 radical (unpaired) electrons. The number of ether oxygens (including phenoxy) is 1. The first kappa shape index (κ1) is 13.6. The molecule has 100 valence electrons. The van der Waals surface area contributed by atoms with Crippen molar-refractivity contribution in [3.05, 3.63) is 29.6 Å². The summed E-state index contributed by atoms with van der Waals surface area (Å²) >= 11 is 6.06. The lowest BCUT2D eigenvalue weighted by molar-refractivity contribution is 0.365. The van der Waals surface area contributed by atoms with Crippen LogP contribution in [0.25, 0.3) is 0 Å². The Hall–Kier alpha value is -0.800. The molecule has 18 heavy (non-hydrogen) atoms. The Morgan fingerprint density at radius 2 is 2.06 bits per heavy atom. The van der Waals surface area contributed by atoms with Crippen molar-refractivity contribution in [3.63, 3.8) is 0 Å². The van der Waals surface area contributed by atoms with E-state index >= 15 is 0 Å². The molecule has 0 aromatic heterocycles. The number of rotatable bonds is 4. The van der Waals surface area contributed by atoms with Gasteiger partial charge in [0.05, 0.1) is 7.11 Å². The van der Waals surface area contributed by atoms with Gasteiger partial charge in [0.2, 0.25) is 0 Å². The third-order valence-electron chi connectivity index (χ3n) is 3.50. The van der Waals surface area contributed by atoms with Crippen molar-refractivity contribution in [1.82, 2.24) is 5.32 Å². The van der Waals surface area contributed by atoms with Crippen LogP contribution < -0.4 is 10.1 Å². The summed E-state index contributed by atoms with van der Waals surface area (Å²) in [5.74, 6) is 0.0392. The summed E-state index contributed by atoms with van der Waals surface area (Å²) in [5, 5.41) is 3.71. The third kappa shape index (κ3) is 3.36. The van der Waals surface area contributed by atoms with Gasteiger partial charge < -0.3 is 10.1 Å². The maximum atomic E-state index is 13.9. The topological polar surface area (TPSA) is 21.3 Å². The maximum Gasteiger partial charge on any atom is 0.169 e. The summed E-state index contributed by atoms with van der Waals surface area (Å²) in [6.07, 6.45) is 4.22. The fourth-order valence-electron chi connectivity index (χ4n) is 2.36. The first-order chi connectivity index (χ1) is 8.70.